The molecule has 0 amide bonds. The van der Waals surface area contributed by atoms with Crippen molar-refractivity contribution >= 4 is 0 Å². The fourth-order valence-corrected chi connectivity index (χ4v) is 5.38. The zero-order valence-corrected chi connectivity index (χ0v) is 19.0. The molecule has 0 aromatic rings. The molecule has 0 saturated heterocycles. The molecule has 0 aromatic heterocycles. The van der Waals surface area contributed by atoms with Gasteiger partial charge < -0.3 is 4.74 Å². The molecule has 0 aromatic carbocycles. The van der Waals surface area contributed by atoms with Gasteiger partial charge in [0.2, 0.25) is 0 Å². The maximum absolute atomic E-state index is 6.09. The van der Waals surface area contributed by atoms with Crippen molar-refractivity contribution in [3.05, 3.63) is 24.3 Å². The van der Waals surface area contributed by atoms with E-state index >= 15 is 0 Å². The lowest BCUT2D eigenvalue weighted by molar-refractivity contribution is 0.0210. The van der Waals surface area contributed by atoms with Crippen LogP contribution < -0.4 is 0 Å². The number of ether oxygens (including phenoxy) is 1. The van der Waals surface area contributed by atoms with Crippen molar-refractivity contribution in [2.75, 3.05) is 6.61 Å². The quantitative estimate of drug-likeness (QED) is 0.226. The van der Waals surface area contributed by atoms with Gasteiger partial charge in [0.05, 0.1) is 12.7 Å². The minimum Gasteiger partial charge on any atom is -0.374 e. The molecule has 2 saturated carbocycles. The Bertz CT molecular complexity index is 408. The first-order chi connectivity index (χ1) is 13.8. The Morgan fingerprint density at radius 2 is 1.32 bits per heavy atom. The van der Waals surface area contributed by atoms with Gasteiger partial charge in [0, 0.05) is 0 Å². The van der Waals surface area contributed by atoms with Crippen LogP contribution in [-0.2, 0) is 4.74 Å². The van der Waals surface area contributed by atoms with Gasteiger partial charge in [-0.2, -0.15) is 0 Å². The lowest BCUT2D eigenvalue weighted by Gasteiger charge is -2.37. The fraction of sp³-hybridized carbons (Fsp3) is 0.852. The molecule has 0 atom stereocenters. The van der Waals surface area contributed by atoms with Gasteiger partial charge in [0.25, 0.3) is 0 Å². The molecule has 28 heavy (non-hydrogen) atoms. The Morgan fingerprint density at radius 1 is 0.679 bits per heavy atom. The van der Waals surface area contributed by atoms with E-state index < -0.39 is 0 Å². The predicted octanol–water partition coefficient (Wildman–Crippen LogP) is 8.64. The molecule has 0 unspecified atom stereocenters. The summed E-state index contributed by atoms with van der Waals surface area (Å²) < 4.78 is 6.09. The minimum atomic E-state index is 0.514. The maximum atomic E-state index is 6.09. The molecule has 0 N–H and O–H groups in total. The number of allylic oxidation sites excluding steroid dienone is 3. The van der Waals surface area contributed by atoms with Gasteiger partial charge in [-0.05, 0) is 62.7 Å². The van der Waals surface area contributed by atoms with Crippen molar-refractivity contribution < 1.29 is 4.74 Å². The van der Waals surface area contributed by atoms with Crippen molar-refractivity contribution in [3.8, 4) is 0 Å². The first-order valence-electron chi connectivity index (χ1n) is 12.8. The van der Waals surface area contributed by atoms with E-state index in [1.54, 1.807) is 0 Å². The van der Waals surface area contributed by atoms with Crippen molar-refractivity contribution in [1.29, 1.82) is 0 Å². The Morgan fingerprint density at radius 3 is 2.00 bits per heavy atom. The largest absolute Gasteiger partial charge is 0.374 e. The van der Waals surface area contributed by atoms with Crippen molar-refractivity contribution in [2.45, 2.75) is 123 Å². The van der Waals surface area contributed by atoms with Crippen LogP contribution >= 0.6 is 0 Å². The van der Waals surface area contributed by atoms with E-state index in [2.05, 4.69) is 38.2 Å². The second-order valence-electron chi connectivity index (χ2n) is 9.50. The number of hydrogen-bond acceptors (Lipinski definition) is 1. The minimum absolute atomic E-state index is 0.514. The number of unbranched alkanes of at least 4 members (excludes halogenated alkanes) is 5. The van der Waals surface area contributed by atoms with Crippen LogP contribution in [0.3, 0.4) is 0 Å². The number of hydrogen-bond donors (Lipinski definition) is 0. The Hall–Kier alpha value is -0.560. The van der Waals surface area contributed by atoms with Gasteiger partial charge >= 0.3 is 0 Å². The van der Waals surface area contributed by atoms with E-state index in [0.29, 0.717) is 6.10 Å². The average Bonchev–Trinajstić information content (AvgIpc) is 2.74. The van der Waals surface area contributed by atoms with Gasteiger partial charge in [-0.3, -0.25) is 0 Å². The van der Waals surface area contributed by atoms with E-state index in [0.717, 1.165) is 24.4 Å². The molecular weight excluding hydrogens is 340 g/mol. The van der Waals surface area contributed by atoms with Crippen LogP contribution in [0.2, 0.25) is 0 Å². The summed E-state index contributed by atoms with van der Waals surface area (Å²) in [6.07, 6.45) is 31.8. The predicted molar refractivity (Wildman–Crippen MR) is 124 cm³/mol. The zero-order chi connectivity index (χ0) is 19.9. The third-order valence-corrected chi connectivity index (χ3v) is 7.26. The molecular formula is C27H48O. The highest BCUT2D eigenvalue weighted by atomic mass is 16.5. The van der Waals surface area contributed by atoms with Gasteiger partial charge in [-0.1, -0.05) is 95.9 Å². The Balaban J connectivity index is 1.51. The molecule has 2 fully saturated rings. The van der Waals surface area contributed by atoms with Gasteiger partial charge in [-0.25, -0.2) is 0 Å². The zero-order valence-electron chi connectivity index (χ0n) is 19.0. The maximum Gasteiger partial charge on any atom is 0.0654 e. The molecule has 1 heteroatoms. The highest BCUT2D eigenvalue weighted by molar-refractivity contribution is 5.02. The molecule has 2 rings (SSSR count). The fourth-order valence-electron chi connectivity index (χ4n) is 5.38. The van der Waals surface area contributed by atoms with E-state index in [9.17, 15) is 0 Å². The van der Waals surface area contributed by atoms with Crippen molar-refractivity contribution in [3.63, 3.8) is 0 Å². The molecule has 2 aliphatic carbocycles. The topological polar surface area (TPSA) is 9.23 Å². The first-order valence-corrected chi connectivity index (χ1v) is 12.8. The van der Waals surface area contributed by atoms with Crippen LogP contribution in [0.4, 0.5) is 0 Å². The molecule has 0 spiro atoms. The second-order valence-corrected chi connectivity index (χ2v) is 9.50. The van der Waals surface area contributed by atoms with Gasteiger partial charge in [0.1, 0.15) is 0 Å². The van der Waals surface area contributed by atoms with E-state index in [-0.39, 0.29) is 0 Å². The lowest BCUT2D eigenvalue weighted by atomic mass is 9.70. The van der Waals surface area contributed by atoms with Crippen LogP contribution in [0.1, 0.15) is 117 Å². The second kappa shape index (κ2) is 15.3. The summed E-state index contributed by atoms with van der Waals surface area (Å²) >= 11 is 0. The molecule has 1 nitrogen and oxygen atoms in total. The third-order valence-electron chi connectivity index (χ3n) is 7.26. The summed E-state index contributed by atoms with van der Waals surface area (Å²) in [5.74, 6) is 3.08. The molecule has 2 aliphatic rings. The average molecular weight is 389 g/mol. The summed E-state index contributed by atoms with van der Waals surface area (Å²) in [6, 6.07) is 0. The van der Waals surface area contributed by atoms with Gasteiger partial charge in [-0.15, -0.1) is 0 Å². The standard InChI is InChI=1S/C27H48O/c1-3-5-7-9-11-13-23-28-27-21-19-26(20-22-27)25-17-15-24(16-18-25)14-12-10-8-6-4-2/h7,9,11,13,24-27H,3-6,8,10,12,14-23H2,1-2H3/b9-7+,13-11+. The summed E-state index contributed by atoms with van der Waals surface area (Å²) in [4.78, 5) is 0. The van der Waals surface area contributed by atoms with E-state index in [1.165, 1.54) is 103 Å². The smallest absolute Gasteiger partial charge is 0.0654 e. The summed E-state index contributed by atoms with van der Waals surface area (Å²) in [7, 11) is 0. The highest BCUT2D eigenvalue weighted by Crippen LogP contribution is 2.41. The molecule has 0 radical (unpaired) electrons. The number of rotatable bonds is 13. The first kappa shape index (κ1) is 23.7. The van der Waals surface area contributed by atoms with Crippen LogP contribution in [0, 0.1) is 17.8 Å². The lowest BCUT2D eigenvalue weighted by Crippen LogP contribution is -2.28. The normalized spacial score (nSPS) is 29.1. The third kappa shape index (κ3) is 9.77. The summed E-state index contributed by atoms with van der Waals surface area (Å²) in [5.41, 5.74) is 0. The molecule has 162 valence electrons. The van der Waals surface area contributed by atoms with Gasteiger partial charge in [0.15, 0.2) is 0 Å². The summed E-state index contributed by atoms with van der Waals surface area (Å²) in [6.45, 7) is 5.31. The van der Waals surface area contributed by atoms with Crippen LogP contribution in [0.15, 0.2) is 24.3 Å². The van der Waals surface area contributed by atoms with Crippen molar-refractivity contribution in [2.24, 2.45) is 17.8 Å². The summed E-state index contributed by atoms with van der Waals surface area (Å²) in [5, 5.41) is 0. The molecule has 0 bridgehead atoms. The Kier molecular flexibility index (Phi) is 13.0. The van der Waals surface area contributed by atoms with Crippen molar-refractivity contribution in [1.82, 2.24) is 0 Å². The Labute approximate surface area is 176 Å². The highest BCUT2D eigenvalue weighted by Gasteiger charge is 2.30. The van der Waals surface area contributed by atoms with Crippen LogP contribution in [0.25, 0.3) is 0 Å². The van der Waals surface area contributed by atoms with Crippen LogP contribution in [0.5, 0.6) is 0 Å². The van der Waals surface area contributed by atoms with Crippen LogP contribution in [-0.4, -0.2) is 12.7 Å². The van der Waals surface area contributed by atoms with E-state index in [4.69, 9.17) is 4.74 Å². The monoisotopic (exact) mass is 388 g/mol. The molecule has 0 aliphatic heterocycles. The SMILES string of the molecule is CCC/C=C/C=C/COC1CCC(C2CCC(CCCCCCC)CC2)CC1. The van der Waals surface area contributed by atoms with E-state index in [1.807, 2.05) is 0 Å². The molecule has 0 heterocycles.